The van der Waals surface area contributed by atoms with Crippen molar-refractivity contribution >= 4 is 38.1 Å². The molecule has 0 fully saturated rings. The standard InChI is InChI=1S/C13H13N3O6S2/c1-3-8-11(12(17)22-2)23-13(14-8)15-24(20,21)10-7-5-4-6-9(10)16(18)19/h4-7H,3H2,1-2H3,(H,14,15). The first-order chi connectivity index (χ1) is 11.3. The number of nitrogens with zero attached hydrogens (tertiary/aromatic N) is 2. The lowest BCUT2D eigenvalue weighted by atomic mass is 10.3. The van der Waals surface area contributed by atoms with E-state index in [2.05, 4.69) is 14.4 Å². The number of benzene rings is 1. The number of carbonyl (C=O) groups excluding carboxylic acids is 1. The number of nitro groups is 1. The number of nitrogens with one attached hydrogen (secondary N) is 1. The van der Waals surface area contributed by atoms with E-state index in [1.165, 1.54) is 19.2 Å². The maximum absolute atomic E-state index is 12.4. The lowest BCUT2D eigenvalue weighted by molar-refractivity contribution is -0.387. The summed E-state index contributed by atoms with van der Waals surface area (Å²) in [7, 11) is -3.02. The molecule has 0 unspecified atom stereocenters. The summed E-state index contributed by atoms with van der Waals surface area (Å²) >= 11 is 0.807. The quantitative estimate of drug-likeness (QED) is 0.468. The molecular weight excluding hydrogens is 358 g/mol. The van der Waals surface area contributed by atoms with Crippen molar-refractivity contribution in [3.63, 3.8) is 0 Å². The minimum absolute atomic E-state index is 0.0644. The number of hydrogen-bond acceptors (Lipinski definition) is 8. The Morgan fingerprint density at radius 3 is 2.67 bits per heavy atom. The predicted octanol–water partition coefficient (Wildman–Crippen LogP) is 2.20. The van der Waals surface area contributed by atoms with Crippen LogP contribution in [0.2, 0.25) is 0 Å². The second-order valence-corrected chi connectivity index (χ2v) is 7.12. The van der Waals surface area contributed by atoms with E-state index in [9.17, 15) is 23.3 Å². The SMILES string of the molecule is CCc1nc(NS(=O)(=O)c2ccccc2[N+](=O)[O-])sc1C(=O)OC. The fourth-order valence-corrected chi connectivity index (χ4v) is 4.27. The van der Waals surface area contributed by atoms with Crippen molar-refractivity contribution in [2.45, 2.75) is 18.2 Å². The van der Waals surface area contributed by atoms with Gasteiger partial charge in [-0.3, -0.25) is 14.8 Å². The van der Waals surface area contributed by atoms with Gasteiger partial charge in [0, 0.05) is 6.07 Å². The van der Waals surface area contributed by atoms with Crippen LogP contribution in [-0.4, -0.2) is 31.4 Å². The molecule has 0 bridgehead atoms. The molecule has 24 heavy (non-hydrogen) atoms. The van der Waals surface area contributed by atoms with Crippen LogP contribution >= 0.6 is 11.3 Å². The van der Waals surface area contributed by atoms with E-state index < -0.39 is 31.5 Å². The van der Waals surface area contributed by atoms with E-state index in [4.69, 9.17) is 0 Å². The van der Waals surface area contributed by atoms with Crippen LogP contribution in [0.25, 0.3) is 0 Å². The van der Waals surface area contributed by atoms with Crippen LogP contribution in [0.1, 0.15) is 22.3 Å². The van der Waals surface area contributed by atoms with Gasteiger partial charge in [-0.05, 0) is 12.5 Å². The van der Waals surface area contributed by atoms with Crippen molar-refractivity contribution in [3.05, 3.63) is 45.0 Å². The van der Waals surface area contributed by atoms with Crippen LogP contribution in [0, 0.1) is 10.1 Å². The maximum atomic E-state index is 12.4. The summed E-state index contributed by atoms with van der Waals surface area (Å²) in [6.45, 7) is 1.75. The summed E-state index contributed by atoms with van der Waals surface area (Å²) in [6.07, 6.45) is 0.397. The van der Waals surface area contributed by atoms with Crippen molar-refractivity contribution in [1.29, 1.82) is 0 Å². The molecule has 0 amide bonds. The van der Waals surface area contributed by atoms with Gasteiger partial charge in [-0.15, -0.1) is 0 Å². The van der Waals surface area contributed by atoms with Gasteiger partial charge >= 0.3 is 5.97 Å². The highest BCUT2D eigenvalue weighted by Gasteiger charge is 2.27. The molecule has 0 aliphatic rings. The summed E-state index contributed by atoms with van der Waals surface area (Å²) in [5.41, 5.74) is -0.169. The highest BCUT2D eigenvalue weighted by molar-refractivity contribution is 7.93. The van der Waals surface area contributed by atoms with Crippen molar-refractivity contribution in [2.24, 2.45) is 0 Å². The molecule has 0 saturated carbocycles. The number of anilines is 1. The molecule has 0 saturated heterocycles. The molecule has 1 aromatic carbocycles. The zero-order chi connectivity index (χ0) is 17.9. The number of ether oxygens (including phenoxy) is 1. The fourth-order valence-electron chi connectivity index (χ4n) is 1.89. The Morgan fingerprint density at radius 1 is 1.42 bits per heavy atom. The number of thiazole rings is 1. The molecule has 1 aromatic heterocycles. The van der Waals surface area contributed by atoms with Gasteiger partial charge in [0.25, 0.3) is 15.7 Å². The van der Waals surface area contributed by atoms with E-state index in [-0.39, 0.29) is 10.0 Å². The fraction of sp³-hybridized carbons (Fsp3) is 0.231. The molecule has 1 N–H and O–H groups in total. The van der Waals surface area contributed by atoms with Crippen molar-refractivity contribution in [3.8, 4) is 0 Å². The minimum atomic E-state index is -4.23. The van der Waals surface area contributed by atoms with Crippen LogP contribution in [-0.2, 0) is 21.2 Å². The zero-order valence-corrected chi connectivity index (χ0v) is 14.3. The van der Waals surface area contributed by atoms with E-state index in [1.54, 1.807) is 6.92 Å². The molecule has 1 heterocycles. The van der Waals surface area contributed by atoms with Gasteiger partial charge in [0.05, 0.1) is 17.7 Å². The van der Waals surface area contributed by atoms with Crippen LogP contribution in [0.5, 0.6) is 0 Å². The molecule has 0 spiro atoms. The van der Waals surface area contributed by atoms with Gasteiger partial charge in [-0.2, -0.15) is 0 Å². The summed E-state index contributed by atoms with van der Waals surface area (Å²) in [5, 5.41) is 10.9. The lowest BCUT2D eigenvalue weighted by Gasteiger charge is -2.05. The minimum Gasteiger partial charge on any atom is -0.465 e. The third-order valence-corrected chi connectivity index (χ3v) is 5.48. The van der Waals surface area contributed by atoms with E-state index in [0.717, 1.165) is 23.5 Å². The molecule has 128 valence electrons. The number of aryl methyl sites for hydroxylation is 1. The number of nitro benzene ring substituents is 1. The average Bonchev–Trinajstić information content (AvgIpc) is 2.96. The number of sulfonamides is 1. The summed E-state index contributed by atoms with van der Waals surface area (Å²) in [4.78, 5) is 25.6. The molecule has 2 rings (SSSR count). The van der Waals surface area contributed by atoms with Crippen molar-refractivity contribution in [1.82, 2.24) is 4.98 Å². The average molecular weight is 371 g/mol. The number of esters is 1. The van der Waals surface area contributed by atoms with Crippen LogP contribution < -0.4 is 4.72 Å². The first-order valence-corrected chi connectivity index (χ1v) is 8.94. The van der Waals surface area contributed by atoms with Crippen molar-refractivity contribution in [2.75, 3.05) is 11.8 Å². The second-order valence-electron chi connectivity index (χ2n) is 4.47. The predicted molar refractivity (Wildman–Crippen MR) is 86.7 cm³/mol. The Hall–Kier alpha value is -2.53. The first kappa shape index (κ1) is 17.8. The molecule has 2 aromatic rings. The Balaban J connectivity index is 2.42. The van der Waals surface area contributed by atoms with Gasteiger partial charge in [-0.25, -0.2) is 18.2 Å². The third-order valence-electron chi connectivity index (χ3n) is 2.98. The Kier molecular flexibility index (Phi) is 5.14. The summed E-state index contributed by atoms with van der Waals surface area (Å²) in [5.74, 6) is -0.625. The molecule has 0 aliphatic carbocycles. The zero-order valence-electron chi connectivity index (χ0n) is 12.7. The Labute approximate surface area is 141 Å². The van der Waals surface area contributed by atoms with Crippen LogP contribution in [0.15, 0.2) is 29.2 Å². The van der Waals surface area contributed by atoms with Crippen LogP contribution in [0.4, 0.5) is 10.8 Å². The number of rotatable bonds is 6. The smallest absolute Gasteiger partial charge is 0.350 e. The van der Waals surface area contributed by atoms with Gasteiger partial charge in [0.1, 0.15) is 4.88 Å². The van der Waals surface area contributed by atoms with Gasteiger partial charge in [0.2, 0.25) is 0 Å². The first-order valence-electron chi connectivity index (χ1n) is 6.64. The Bertz CT molecular complexity index is 891. The van der Waals surface area contributed by atoms with Crippen LogP contribution in [0.3, 0.4) is 0 Å². The van der Waals surface area contributed by atoms with Gasteiger partial charge in [-0.1, -0.05) is 30.4 Å². The molecule has 0 radical (unpaired) electrons. The molecule has 0 aliphatic heterocycles. The second kappa shape index (κ2) is 6.93. The molecule has 0 atom stereocenters. The third kappa shape index (κ3) is 3.51. The lowest BCUT2D eigenvalue weighted by Crippen LogP contribution is -2.14. The number of methoxy groups -OCH3 is 1. The van der Waals surface area contributed by atoms with E-state index in [1.807, 2.05) is 0 Å². The normalized spacial score (nSPS) is 11.1. The van der Waals surface area contributed by atoms with Crippen molar-refractivity contribution < 1.29 is 22.9 Å². The van der Waals surface area contributed by atoms with E-state index in [0.29, 0.717) is 12.1 Å². The molecular formula is C13H13N3O6S2. The number of para-hydroxylation sites is 1. The Morgan fingerprint density at radius 2 is 2.08 bits per heavy atom. The largest absolute Gasteiger partial charge is 0.465 e. The van der Waals surface area contributed by atoms with E-state index >= 15 is 0 Å². The molecule has 9 nitrogen and oxygen atoms in total. The topological polar surface area (TPSA) is 128 Å². The monoisotopic (exact) mass is 371 g/mol. The van der Waals surface area contributed by atoms with Gasteiger partial charge in [0.15, 0.2) is 10.0 Å². The summed E-state index contributed by atoms with van der Waals surface area (Å²) < 4.78 is 31.6. The highest BCUT2D eigenvalue weighted by atomic mass is 32.2. The highest BCUT2D eigenvalue weighted by Crippen LogP contribution is 2.29. The number of aromatic nitrogens is 1. The van der Waals surface area contributed by atoms with Gasteiger partial charge < -0.3 is 4.74 Å². The summed E-state index contributed by atoms with van der Waals surface area (Å²) in [6, 6.07) is 4.95. The number of hydrogen-bond donors (Lipinski definition) is 1. The maximum Gasteiger partial charge on any atom is 0.350 e. The molecule has 11 heteroatoms. The number of carbonyl (C=O) groups is 1.